The summed E-state index contributed by atoms with van der Waals surface area (Å²) in [6, 6.07) is 0.161. The summed E-state index contributed by atoms with van der Waals surface area (Å²) < 4.78 is 0. The minimum atomic E-state index is -1.13. The maximum atomic E-state index is 12.0. The second-order valence-electron chi connectivity index (χ2n) is 4.89. The Balaban J connectivity index is 2.56. The van der Waals surface area contributed by atoms with Crippen LogP contribution in [0.5, 0.6) is 0 Å². The highest BCUT2D eigenvalue weighted by Gasteiger charge is 2.23. The molecule has 0 saturated carbocycles. The van der Waals surface area contributed by atoms with Gasteiger partial charge in [-0.25, -0.2) is 0 Å². The van der Waals surface area contributed by atoms with E-state index in [9.17, 15) is 9.90 Å². The second kappa shape index (κ2) is 7.92. The summed E-state index contributed by atoms with van der Waals surface area (Å²) in [7, 11) is 2.07. The van der Waals surface area contributed by atoms with Gasteiger partial charge in [-0.1, -0.05) is 30.9 Å². The third kappa shape index (κ3) is 5.01. The quantitative estimate of drug-likeness (QED) is 0.735. The van der Waals surface area contributed by atoms with Crippen molar-refractivity contribution in [1.29, 1.82) is 0 Å². The lowest BCUT2D eigenvalue weighted by atomic mass is 10.0. The fourth-order valence-corrected chi connectivity index (χ4v) is 2.15. The first-order valence-electron chi connectivity index (χ1n) is 6.70. The highest BCUT2D eigenvalue weighted by Crippen LogP contribution is 2.10. The van der Waals surface area contributed by atoms with Crippen LogP contribution in [0.4, 0.5) is 0 Å². The molecule has 106 valence electrons. The average molecular weight is 264 g/mol. The summed E-state index contributed by atoms with van der Waals surface area (Å²) in [5.41, 5.74) is 0.558. The van der Waals surface area contributed by atoms with Crippen molar-refractivity contribution in [2.75, 3.05) is 20.1 Å². The molecule has 1 rings (SSSR count). The van der Waals surface area contributed by atoms with Crippen LogP contribution in [0.15, 0.2) is 36.5 Å². The van der Waals surface area contributed by atoms with Gasteiger partial charge in [0.2, 0.25) is 0 Å². The number of carbonyl (C=O) groups is 1. The molecular formula is C15H24N2O2. The Labute approximate surface area is 115 Å². The molecule has 0 unspecified atom stereocenters. The first kappa shape index (κ1) is 15.7. The predicted octanol–water partition coefficient (Wildman–Crippen LogP) is 1.25. The number of hydrogen-bond acceptors (Lipinski definition) is 3. The molecule has 1 atom stereocenters. The molecule has 19 heavy (non-hydrogen) atoms. The van der Waals surface area contributed by atoms with Crippen molar-refractivity contribution in [3.63, 3.8) is 0 Å². The van der Waals surface area contributed by atoms with Gasteiger partial charge < -0.3 is 15.3 Å². The van der Waals surface area contributed by atoms with E-state index in [-0.39, 0.29) is 11.9 Å². The zero-order chi connectivity index (χ0) is 14.3. The van der Waals surface area contributed by atoms with E-state index in [4.69, 9.17) is 0 Å². The summed E-state index contributed by atoms with van der Waals surface area (Å²) in [4.78, 5) is 14.2. The van der Waals surface area contributed by atoms with Gasteiger partial charge in [-0.05, 0) is 45.5 Å². The lowest BCUT2D eigenvalue weighted by Crippen LogP contribution is -2.47. The number of allylic oxidation sites excluding steroid dienone is 3. The highest BCUT2D eigenvalue weighted by molar-refractivity contribution is 5.84. The number of likely N-dealkylation sites (tertiary alicyclic amines) is 1. The molecular weight excluding hydrogens is 240 g/mol. The predicted molar refractivity (Wildman–Crippen MR) is 77.8 cm³/mol. The monoisotopic (exact) mass is 264 g/mol. The second-order valence-corrected chi connectivity index (χ2v) is 4.89. The Morgan fingerprint density at radius 2 is 2.11 bits per heavy atom. The van der Waals surface area contributed by atoms with Crippen LogP contribution in [0.3, 0.4) is 0 Å². The highest BCUT2D eigenvalue weighted by atomic mass is 16.3. The standard InChI is InChI=1S/C15H24N2O2/c1-4-6-12(7-5-2)14(18)15(19)16-13-8-10-17(3)11-9-13/h4-7,13-14,18H,1,8-11H2,2-3H3,(H,16,19)/b7-5-,12-6+/t14-/m1/s1. The largest absolute Gasteiger partial charge is 0.378 e. The molecule has 2 N–H and O–H groups in total. The SMILES string of the molecule is C=C/C=C(\C=C/C)[C@@H](O)C(=O)NC1CCN(C)CC1. The number of hydrogen-bond donors (Lipinski definition) is 2. The molecule has 0 aliphatic carbocycles. The topological polar surface area (TPSA) is 52.6 Å². The Hall–Kier alpha value is -1.39. The first-order valence-corrected chi connectivity index (χ1v) is 6.70. The van der Waals surface area contributed by atoms with Crippen LogP contribution in [-0.4, -0.2) is 48.2 Å². The van der Waals surface area contributed by atoms with Gasteiger partial charge in [-0.2, -0.15) is 0 Å². The molecule has 4 nitrogen and oxygen atoms in total. The van der Waals surface area contributed by atoms with Crippen molar-refractivity contribution in [3.8, 4) is 0 Å². The van der Waals surface area contributed by atoms with Crippen LogP contribution in [0.1, 0.15) is 19.8 Å². The van der Waals surface area contributed by atoms with E-state index in [0.29, 0.717) is 5.57 Å². The van der Waals surface area contributed by atoms with Crippen molar-refractivity contribution in [2.45, 2.75) is 31.9 Å². The molecule has 0 aromatic rings. The van der Waals surface area contributed by atoms with Gasteiger partial charge in [0.25, 0.3) is 5.91 Å². The maximum Gasteiger partial charge on any atom is 0.253 e. The molecule has 1 aliphatic rings. The van der Waals surface area contributed by atoms with Crippen molar-refractivity contribution < 1.29 is 9.90 Å². The van der Waals surface area contributed by atoms with E-state index >= 15 is 0 Å². The number of carbonyl (C=O) groups excluding carboxylic acids is 1. The van der Waals surface area contributed by atoms with E-state index in [1.807, 2.05) is 6.92 Å². The normalized spacial score (nSPS) is 20.5. The van der Waals surface area contributed by atoms with Gasteiger partial charge >= 0.3 is 0 Å². The van der Waals surface area contributed by atoms with E-state index in [1.54, 1.807) is 24.3 Å². The van der Waals surface area contributed by atoms with Crippen LogP contribution < -0.4 is 5.32 Å². The lowest BCUT2D eigenvalue weighted by molar-refractivity contribution is -0.128. The Bertz CT molecular complexity index is 366. The van der Waals surface area contributed by atoms with Gasteiger partial charge in [0.1, 0.15) is 0 Å². The fraction of sp³-hybridized carbons (Fsp3) is 0.533. The third-order valence-corrected chi connectivity index (χ3v) is 3.30. The summed E-state index contributed by atoms with van der Waals surface area (Å²) in [6.07, 6.45) is 7.47. The molecule has 1 saturated heterocycles. The summed E-state index contributed by atoms with van der Waals surface area (Å²) >= 11 is 0. The van der Waals surface area contributed by atoms with Crippen LogP contribution in [0, 0.1) is 0 Å². The molecule has 1 fully saturated rings. The summed E-state index contributed by atoms with van der Waals surface area (Å²) in [5, 5.41) is 12.9. The molecule has 0 spiro atoms. The number of nitrogens with zero attached hydrogens (tertiary/aromatic N) is 1. The molecule has 1 heterocycles. The number of piperidine rings is 1. The average Bonchev–Trinajstić information content (AvgIpc) is 2.40. The Kier molecular flexibility index (Phi) is 6.53. The van der Waals surface area contributed by atoms with E-state index in [0.717, 1.165) is 25.9 Å². The zero-order valence-electron chi connectivity index (χ0n) is 11.8. The van der Waals surface area contributed by atoms with Crippen molar-refractivity contribution in [3.05, 3.63) is 36.5 Å². The van der Waals surface area contributed by atoms with Gasteiger partial charge in [0.05, 0.1) is 0 Å². The van der Waals surface area contributed by atoms with Gasteiger partial charge in [0.15, 0.2) is 6.10 Å². The zero-order valence-corrected chi connectivity index (χ0v) is 11.8. The number of rotatable bonds is 5. The van der Waals surface area contributed by atoms with E-state index in [2.05, 4.69) is 23.8 Å². The van der Waals surface area contributed by atoms with Crippen LogP contribution in [-0.2, 0) is 4.79 Å². The van der Waals surface area contributed by atoms with Crippen molar-refractivity contribution in [1.82, 2.24) is 10.2 Å². The molecule has 0 radical (unpaired) electrons. The van der Waals surface area contributed by atoms with Crippen molar-refractivity contribution in [2.24, 2.45) is 0 Å². The third-order valence-electron chi connectivity index (χ3n) is 3.30. The lowest BCUT2D eigenvalue weighted by Gasteiger charge is -2.30. The fourth-order valence-electron chi connectivity index (χ4n) is 2.15. The maximum absolute atomic E-state index is 12.0. The van der Waals surface area contributed by atoms with Gasteiger partial charge in [-0.15, -0.1) is 0 Å². The molecule has 1 aliphatic heterocycles. The van der Waals surface area contributed by atoms with Crippen LogP contribution >= 0.6 is 0 Å². The minimum Gasteiger partial charge on any atom is -0.378 e. The number of amides is 1. The molecule has 0 bridgehead atoms. The number of aliphatic hydroxyl groups excluding tert-OH is 1. The summed E-state index contributed by atoms with van der Waals surface area (Å²) in [5.74, 6) is -0.333. The smallest absolute Gasteiger partial charge is 0.253 e. The number of aliphatic hydroxyl groups is 1. The molecule has 1 amide bonds. The van der Waals surface area contributed by atoms with E-state index in [1.165, 1.54) is 0 Å². The van der Waals surface area contributed by atoms with Crippen LogP contribution in [0.2, 0.25) is 0 Å². The Morgan fingerprint density at radius 3 is 2.63 bits per heavy atom. The first-order chi connectivity index (χ1) is 9.08. The molecule has 0 aromatic heterocycles. The van der Waals surface area contributed by atoms with Gasteiger partial charge in [-0.3, -0.25) is 4.79 Å². The summed E-state index contributed by atoms with van der Waals surface area (Å²) in [6.45, 7) is 7.39. The Morgan fingerprint density at radius 1 is 1.47 bits per heavy atom. The molecule has 4 heteroatoms. The number of nitrogens with one attached hydrogen (secondary N) is 1. The van der Waals surface area contributed by atoms with E-state index < -0.39 is 6.10 Å². The minimum absolute atomic E-state index is 0.161. The van der Waals surface area contributed by atoms with Crippen LogP contribution in [0.25, 0.3) is 0 Å². The van der Waals surface area contributed by atoms with Crippen molar-refractivity contribution >= 4 is 5.91 Å². The van der Waals surface area contributed by atoms with Gasteiger partial charge in [0, 0.05) is 6.04 Å². The molecule has 0 aromatic carbocycles.